The van der Waals surface area contributed by atoms with Crippen molar-refractivity contribution in [3.05, 3.63) is 59.7 Å². The molecule has 7 nitrogen and oxygen atoms in total. The molecule has 2 aromatic carbocycles. The SMILES string of the molecule is CN(C)c1ccc(C=CC(=O)OCCOC(=O)c2ccc(N)cc2N)cc1. The van der Waals surface area contributed by atoms with E-state index in [1.54, 1.807) is 12.1 Å². The molecule has 0 aliphatic heterocycles. The number of nitrogens with zero attached hydrogens (tertiary/aromatic N) is 1. The molecule has 0 aliphatic carbocycles. The van der Waals surface area contributed by atoms with Gasteiger partial charge in [-0.05, 0) is 42.0 Å². The van der Waals surface area contributed by atoms with Gasteiger partial charge in [-0.2, -0.15) is 0 Å². The standard InChI is InChI=1S/C20H23N3O4/c1-23(2)16-7-3-14(4-8-16)5-10-19(24)26-11-12-27-20(25)17-9-6-15(21)13-18(17)22/h3-10,13H,11-12,21-22H2,1-2H3. The molecule has 142 valence electrons. The molecule has 0 unspecified atom stereocenters. The summed E-state index contributed by atoms with van der Waals surface area (Å²) in [6, 6.07) is 12.2. The summed E-state index contributed by atoms with van der Waals surface area (Å²) in [5, 5.41) is 0. The summed E-state index contributed by atoms with van der Waals surface area (Å²) in [5.74, 6) is -1.12. The fourth-order valence-electron chi connectivity index (χ4n) is 2.22. The van der Waals surface area contributed by atoms with Crippen molar-refractivity contribution in [2.75, 3.05) is 43.7 Å². The summed E-state index contributed by atoms with van der Waals surface area (Å²) < 4.78 is 10.0. The summed E-state index contributed by atoms with van der Waals surface area (Å²) in [7, 11) is 3.91. The maximum atomic E-state index is 11.9. The van der Waals surface area contributed by atoms with Gasteiger partial charge in [0.25, 0.3) is 0 Å². The largest absolute Gasteiger partial charge is 0.459 e. The minimum atomic E-state index is -0.597. The second-order valence-electron chi connectivity index (χ2n) is 5.97. The highest BCUT2D eigenvalue weighted by Crippen LogP contribution is 2.16. The zero-order valence-corrected chi connectivity index (χ0v) is 15.3. The van der Waals surface area contributed by atoms with Crippen LogP contribution in [0, 0.1) is 0 Å². The predicted molar refractivity (Wildman–Crippen MR) is 106 cm³/mol. The fourth-order valence-corrected chi connectivity index (χ4v) is 2.22. The summed E-state index contributed by atoms with van der Waals surface area (Å²) in [6.45, 7) is -0.122. The van der Waals surface area contributed by atoms with Crippen LogP contribution in [-0.2, 0) is 14.3 Å². The molecule has 0 bridgehead atoms. The zero-order valence-electron chi connectivity index (χ0n) is 15.3. The lowest BCUT2D eigenvalue weighted by Gasteiger charge is -2.11. The van der Waals surface area contributed by atoms with Crippen molar-refractivity contribution < 1.29 is 19.1 Å². The van der Waals surface area contributed by atoms with Gasteiger partial charge in [-0.3, -0.25) is 0 Å². The number of carbonyl (C=O) groups excluding carboxylic acids is 2. The van der Waals surface area contributed by atoms with Crippen LogP contribution in [0.4, 0.5) is 17.1 Å². The molecule has 0 spiro atoms. The van der Waals surface area contributed by atoms with Gasteiger partial charge < -0.3 is 25.8 Å². The summed E-state index contributed by atoms with van der Waals surface area (Å²) in [6.07, 6.45) is 2.98. The molecule has 0 saturated heterocycles. The highest BCUT2D eigenvalue weighted by atomic mass is 16.6. The molecular weight excluding hydrogens is 346 g/mol. The Hall–Kier alpha value is -3.48. The predicted octanol–water partition coefficient (Wildman–Crippen LogP) is 2.33. The van der Waals surface area contributed by atoms with E-state index in [0.717, 1.165) is 11.3 Å². The van der Waals surface area contributed by atoms with Crippen LogP contribution in [0.25, 0.3) is 6.08 Å². The molecule has 0 aliphatic rings. The number of esters is 2. The maximum absolute atomic E-state index is 11.9. The van der Waals surface area contributed by atoms with Crippen LogP contribution < -0.4 is 16.4 Å². The first kappa shape index (κ1) is 19.8. The number of ether oxygens (including phenoxy) is 2. The van der Waals surface area contributed by atoms with Gasteiger partial charge in [0.1, 0.15) is 13.2 Å². The molecular formula is C20H23N3O4. The van der Waals surface area contributed by atoms with Gasteiger partial charge in [0, 0.05) is 37.2 Å². The van der Waals surface area contributed by atoms with E-state index in [2.05, 4.69) is 0 Å². The van der Waals surface area contributed by atoms with Crippen LogP contribution >= 0.6 is 0 Å². The van der Waals surface area contributed by atoms with Crippen molar-refractivity contribution in [3.63, 3.8) is 0 Å². The van der Waals surface area contributed by atoms with E-state index < -0.39 is 11.9 Å². The minimum absolute atomic E-state index is 0.0522. The van der Waals surface area contributed by atoms with Crippen LogP contribution in [-0.4, -0.2) is 39.2 Å². The van der Waals surface area contributed by atoms with Gasteiger partial charge in [0.05, 0.1) is 5.56 Å². The Kier molecular flexibility index (Phi) is 6.82. The number of anilines is 3. The Morgan fingerprint density at radius 3 is 2.30 bits per heavy atom. The molecule has 0 amide bonds. The fraction of sp³-hybridized carbons (Fsp3) is 0.200. The molecule has 0 fully saturated rings. The van der Waals surface area contributed by atoms with Gasteiger partial charge in [-0.25, -0.2) is 9.59 Å². The highest BCUT2D eigenvalue weighted by Gasteiger charge is 2.11. The van der Waals surface area contributed by atoms with E-state index in [1.807, 2.05) is 43.3 Å². The smallest absolute Gasteiger partial charge is 0.340 e. The Balaban J connectivity index is 1.74. The first-order chi connectivity index (χ1) is 12.9. The van der Waals surface area contributed by atoms with Gasteiger partial charge in [-0.15, -0.1) is 0 Å². The molecule has 0 atom stereocenters. The molecule has 4 N–H and O–H groups in total. The van der Waals surface area contributed by atoms with Crippen LogP contribution in [0.3, 0.4) is 0 Å². The van der Waals surface area contributed by atoms with Gasteiger partial charge >= 0.3 is 11.9 Å². The molecule has 7 heteroatoms. The zero-order chi connectivity index (χ0) is 19.8. The highest BCUT2D eigenvalue weighted by molar-refractivity contribution is 5.95. The van der Waals surface area contributed by atoms with Gasteiger partial charge in [0.15, 0.2) is 0 Å². The van der Waals surface area contributed by atoms with Gasteiger partial charge in [-0.1, -0.05) is 12.1 Å². The lowest BCUT2D eigenvalue weighted by Crippen LogP contribution is -2.14. The van der Waals surface area contributed by atoms with Crippen molar-refractivity contribution in [1.82, 2.24) is 0 Å². The van der Waals surface area contributed by atoms with E-state index in [4.69, 9.17) is 20.9 Å². The minimum Gasteiger partial charge on any atom is -0.459 e. The van der Waals surface area contributed by atoms with E-state index in [-0.39, 0.29) is 24.5 Å². The monoisotopic (exact) mass is 369 g/mol. The van der Waals surface area contributed by atoms with E-state index in [0.29, 0.717) is 5.69 Å². The Morgan fingerprint density at radius 1 is 1.00 bits per heavy atom. The van der Waals surface area contributed by atoms with Crippen molar-refractivity contribution >= 4 is 35.1 Å². The number of nitrogens with two attached hydrogens (primary N) is 2. The normalized spacial score (nSPS) is 10.6. The van der Waals surface area contributed by atoms with E-state index in [1.165, 1.54) is 18.2 Å². The average molecular weight is 369 g/mol. The van der Waals surface area contributed by atoms with Crippen LogP contribution in [0.2, 0.25) is 0 Å². The Labute approximate surface area is 158 Å². The van der Waals surface area contributed by atoms with E-state index >= 15 is 0 Å². The second-order valence-corrected chi connectivity index (χ2v) is 5.97. The van der Waals surface area contributed by atoms with Crippen LogP contribution in [0.5, 0.6) is 0 Å². The number of nitrogen functional groups attached to an aromatic ring is 2. The third-order valence-corrected chi connectivity index (χ3v) is 3.68. The summed E-state index contributed by atoms with van der Waals surface area (Å²) in [5.41, 5.74) is 14.2. The number of hydrogen-bond acceptors (Lipinski definition) is 7. The lowest BCUT2D eigenvalue weighted by atomic mass is 10.1. The van der Waals surface area contributed by atoms with E-state index in [9.17, 15) is 9.59 Å². The molecule has 27 heavy (non-hydrogen) atoms. The molecule has 2 rings (SSSR count). The molecule has 0 heterocycles. The van der Waals surface area contributed by atoms with Crippen molar-refractivity contribution in [2.45, 2.75) is 0 Å². The topological polar surface area (TPSA) is 108 Å². The molecule has 0 radical (unpaired) electrons. The summed E-state index contributed by atoms with van der Waals surface area (Å²) >= 11 is 0. The lowest BCUT2D eigenvalue weighted by molar-refractivity contribution is -0.138. The van der Waals surface area contributed by atoms with Crippen molar-refractivity contribution in [3.8, 4) is 0 Å². The first-order valence-corrected chi connectivity index (χ1v) is 8.31. The third-order valence-electron chi connectivity index (χ3n) is 3.68. The summed E-state index contributed by atoms with van der Waals surface area (Å²) in [4.78, 5) is 25.6. The number of rotatable bonds is 7. The van der Waals surface area contributed by atoms with Crippen molar-refractivity contribution in [1.29, 1.82) is 0 Å². The second kappa shape index (κ2) is 9.28. The quantitative estimate of drug-likeness (QED) is 0.334. The average Bonchev–Trinajstić information content (AvgIpc) is 2.63. The number of benzene rings is 2. The Bertz CT molecular complexity index is 830. The molecule has 0 saturated carbocycles. The molecule has 2 aromatic rings. The van der Waals surface area contributed by atoms with Crippen LogP contribution in [0.1, 0.15) is 15.9 Å². The number of carbonyl (C=O) groups is 2. The molecule has 0 aromatic heterocycles. The third kappa shape index (κ3) is 6.07. The van der Waals surface area contributed by atoms with Crippen molar-refractivity contribution in [2.24, 2.45) is 0 Å². The van der Waals surface area contributed by atoms with Crippen LogP contribution in [0.15, 0.2) is 48.5 Å². The maximum Gasteiger partial charge on any atom is 0.340 e. The van der Waals surface area contributed by atoms with Gasteiger partial charge in [0.2, 0.25) is 0 Å². The number of hydrogen-bond donors (Lipinski definition) is 2. The first-order valence-electron chi connectivity index (χ1n) is 8.31. The Morgan fingerprint density at radius 2 is 1.67 bits per heavy atom.